The van der Waals surface area contributed by atoms with Crippen LogP contribution in [-0.4, -0.2) is 24.5 Å². The van der Waals surface area contributed by atoms with Gasteiger partial charge in [0, 0.05) is 12.0 Å². The Balaban J connectivity index is 1.61. The fourth-order valence-electron chi connectivity index (χ4n) is 2.22. The third kappa shape index (κ3) is 3.49. The zero-order chi connectivity index (χ0) is 10.7. The van der Waals surface area contributed by atoms with E-state index in [0.29, 0.717) is 6.42 Å². The van der Waals surface area contributed by atoms with Crippen molar-refractivity contribution in [3.8, 4) is 0 Å². The first kappa shape index (κ1) is 10.9. The van der Waals surface area contributed by atoms with Gasteiger partial charge in [0.1, 0.15) is 0 Å². The fraction of sp³-hybridized carbons (Fsp3) is 0.917. The minimum Gasteiger partial charge on any atom is -0.351 e. The minimum atomic E-state index is 0.155. The number of amides is 1. The summed E-state index contributed by atoms with van der Waals surface area (Å²) in [4.78, 5) is 11.6. The number of piperidine rings is 1. The van der Waals surface area contributed by atoms with Crippen LogP contribution in [0.25, 0.3) is 0 Å². The minimum absolute atomic E-state index is 0.155. The van der Waals surface area contributed by atoms with E-state index in [9.17, 15) is 4.79 Å². The van der Waals surface area contributed by atoms with E-state index in [1.165, 1.54) is 12.8 Å². The highest BCUT2D eigenvalue weighted by molar-refractivity contribution is 5.77. The maximum Gasteiger partial charge on any atom is 0.220 e. The lowest BCUT2D eigenvalue weighted by molar-refractivity contribution is -0.122. The fourth-order valence-corrected chi connectivity index (χ4v) is 2.22. The Morgan fingerprint density at radius 3 is 2.93 bits per heavy atom. The number of carbonyl (C=O) groups excluding carboxylic acids is 1. The van der Waals surface area contributed by atoms with E-state index in [2.05, 4.69) is 17.6 Å². The molecule has 0 aromatic carbocycles. The van der Waals surface area contributed by atoms with Crippen LogP contribution in [-0.2, 0) is 4.79 Å². The third-order valence-electron chi connectivity index (χ3n) is 3.62. The molecule has 1 aliphatic heterocycles. The Bertz CT molecular complexity index is 230. The lowest BCUT2D eigenvalue weighted by Gasteiger charge is -2.22. The van der Waals surface area contributed by atoms with Gasteiger partial charge in [-0.3, -0.25) is 4.79 Å². The van der Waals surface area contributed by atoms with E-state index in [4.69, 9.17) is 0 Å². The highest BCUT2D eigenvalue weighted by Crippen LogP contribution is 2.34. The van der Waals surface area contributed by atoms with Gasteiger partial charge in [0.05, 0.1) is 0 Å². The van der Waals surface area contributed by atoms with Crippen molar-refractivity contribution in [2.24, 2.45) is 5.92 Å². The van der Waals surface area contributed by atoms with Crippen LogP contribution in [0.1, 0.15) is 45.4 Å². The number of rotatable bonds is 4. The molecule has 3 nitrogen and oxygen atoms in total. The molecule has 15 heavy (non-hydrogen) atoms. The van der Waals surface area contributed by atoms with Gasteiger partial charge in [-0.25, -0.2) is 0 Å². The zero-order valence-corrected chi connectivity index (χ0v) is 9.64. The van der Waals surface area contributed by atoms with Gasteiger partial charge in [0.25, 0.3) is 0 Å². The largest absolute Gasteiger partial charge is 0.351 e. The standard InChI is InChI=1S/C12H22N2O/c1-12(6-7-12)14-11(15)5-4-10-3-2-8-13-9-10/h10,13H,2-9H2,1H3,(H,14,15). The lowest BCUT2D eigenvalue weighted by atomic mass is 9.94. The molecule has 0 aromatic rings. The van der Waals surface area contributed by atoms with Gasteiger partial charge < -0.3 is 10.6 Å². The van der Waals surface area contributed by atoms with Crippen LogP contribution in [0, 0.1) is 5.92 Å². The van der Waals surface area contributed by atoms with E-state index in [0.717, 1.165) is 38.3 Å². The summed E-state index contributed by atoms with van der Waals surface area (Å²) in [5.41, 5.74) is 0.155. The first-order chi connectivity index (χ1) is 7.18. The number of nitrogens with one attached hydrogen (secondary N) is 2. The quantitative estimate of drug-likeness (QED) is 0.737. The van der Waals surface area contributed by atoms with Crippen LogP contribution >= 0.6 is 0 Å². The van der Waals surface area contributed by atoms with E-state index in [-0.39, 0.29) is 11.4 Å². The first-order valence-electron chi connectivity index (χ1n) is 6.20. The molecule has 1 saturated carbocycles. The second kappa shape index (κ2) is 4.52. The third-order valence-corrected chi connectivity index (χ3v) is 3.62. The molecule has 2 fully saturated rings. The Kier molecular flexibility index (Phi) is 3.29. The van der Waals surface area contributed by atoms with Gasteiger partial charge in [-0.1, -0.05) is 0 Å². The summed E-state index contributed by atoms with van der Waals surface area (Å²) in [5, 5.41) is 6.50. The molecule has 0 bridgehead atoms. The first-order valence-corrected chi connectivity index (χ1v) is 6.20. The predicted molar refractivity (Wildman–Crippen MR) is 60.6 cm³/mol. The van der Waals surface area contributed by atoms with Gasteiger partial charge in [0.2, 0.25) is 5.91 Å². The van der Waals surface area contributed by atoms with Crippen molar-refractivity contribution in [1.82, 2.24) is 10.6 Å². The van der Waals surface area contributed by atoms with Crippen molar-refractivity contribution < 1.29 is 4.79 Å². The molecule has 2 N–H and O–H groups in total. The molecule has 0 spiro atoms. The van der Waals surface area contributed by atoms with Crippen molar-refractivity contribution in [3.05, 3.63) is 0 Å². The second-order valence-corrected chi connectivity index (χ2v) is 5.36. The van der Waals surface area contributed by atoms with Crippen LogP contribution in [0.2, 0.25) is 0 Å². The van der Waals surface area contributed by atoms with Gasteiger partial charge in [-0.2, -0.15) is 0 Å². The van der Waals surface area contributed by atoms with Gasteiger partial charge >= 0.3 is 0 Å². The zero-order valence-electron chi connectivity index (χ0n) is 9.64. The molecular weight excluding hydrogens is 188 g/mol. The van der Waals surface area contributed by atoms with Crippen molar-refractivity contribution in [3.63, 3.8) is 0 Å². The molecule has 2 rings (SSSR count). The van der Waals surface area contributed by atoms with Crippen molar-refractivity contribution in [2.75, 3.05) is 13.1 Å². The van der Waals surface area contributed by atoms with Gasteiger partial charge in [-0.05, 0) is 58.0 Å². The van der Waals surface area contributed by atoms with Crippen LogP contribution < -0.4 is 10.6 Å². The highest BCUT2D eigenvalue weighted by atomic mass is 16.1. The number of carbonyl (C=O) groups is 1. The Morgan fingerprint density at radius 1 is 1.53 bits per heavy atom. The van der Waals surface area contributed by atoms with Crippen molar-refractivity contribution in [1.29, 1.82) is 0 Å². The summed E-state index contributed by atoms with van der Waals surface area (Å²) >= 11 is 0. The van der Waals surface area contributed by atoms with Gasteiger partial charge in [0.15, 0.2) is 0 Å². The van der Waals surface area contributed by atoms with Crippen LogP contribution in [0.4, 0.5) is 0 Å². The van der Waals surface area contributed by atoms with E-state index in [1.807, 2.05) is 0 Å². The Morgan fingerprint density at radius 2 is 2.33 bits per heavy atom. The summed E-state index contributed by atoms with van der Waals surface area (Å²) in [6.07, 6.45) is 6.63. The molecule has 2 aliphatic rings. The summed E-state index contributed by atoms with van der Waals surface area (Å²) in [5.74, 6) is 0.970. The molecule has 1 saturated heterocycles. The SMILES string of the molecule is CC1(NC(=O)CCC2CCCNC2)CC1. The topological polar surface area (TPSA) is 41.1 Å². The monoisotopic (exact) mass is 210 g/mol. The van der Waals surface area contributed by atoms with E-state index in [1.54, 1.807) is 0 Å². The van der Waals surface area contributed by atoms with Crippen LogP contribution in [0.5, 0.6) is 0 Å². The molecule has 3 heteroatoms. The van der Waals surface area contributed by atoms with E-state index < -0.39 is 0 Å². The maximum absolute atomic E-state index is 11.6. The summed E-state index contributed by atoms with van der Waals surface area (Å²) in [6.45, 7) is 4.39. The molecule has 1 heterocycles. The van der Waals surface area contributed by atoms with Crippen molar-refractivity contribution in [2.45, 2.75) is 51.0 Å². The molecule has 0 aromatic heterocycles. The average molecular weight is 210 g/mol. The maximum atomic E-state index is 11.6. The molecule has 0 radical (unpaired) electrons. The highest BCUT2D eigenvalue weighted by Gasteiger charge is 2.38. The smallest absolute Gasteiger partial charge is 0.220 e. The number of hydrogen-bond acceptors (Lipinski definition) is 2. The summed E-state index contributed by atoms with van der Waals surface area (Å²) in [6, 6.07) is 0. The Labute approximate surface area is 92.0 Å². The second-order valence-electron chi connectivity index (χ2n) is 5.36. The van der Waals surface area contributed by atoms with Crippen LogP contribution in [0.15, 0.2) is 0 Å². The van der Waals surface area contributed by atoms with Crippen LogP contribution in [0.3, 0.4) is 0 Å². The molecule has 1 atom stereocenters. The lowest BCUT2D eigenvalue weighted by Crippen LogP contribution is -2.35. The summed E-state index contributed by atoms with van der Waals surface area (Å²) < 4.78 is 0. The van der Waals surface area contributed by atoms with Crippen molar-refractivity contribution >= 4 is 5.91 Å². The molecular formula is C12H22N2O. The predicted octanol–water partition coefficient (Wildman–Crippen LogP) is 1.43. The van der Waals surface area contributed by atoms with E-state index >= 15 is 0 Å². The Hall–Kier alpha value is -0.570. The average Bonchev–Trinajstić information content (AvgIpc) is 2.95. The molecule has 86 valence electrons. The molecule has 1 unspecified atom stereocenters. The number of hydrogen-bond donors (Lipinski definition) is 2. The normalized spacial score (nSPS) is 28.5. The summed E-state index contributed by atoms with van der Waals surface area (Å²) in [7, 11) is 0. The molecule has 1 amide bonds. The molecule has 1 aliphatic carbocycles. The van der Waals surface area contributed by atoms with Gasteiger partial charge in [-0.15, -0.1) is 0 Å².